The molecule has 5 rings (SSSR count). The molecule has 0 fully saturated rings. The molecule has 1 aliphatic rings. The molecule has 0 saturated carbocycles. The zero-order valence-corrected chi connectivity index (χ0v) is 18.0. The molecule has 31 heavy (non-hydrogen) atoms. The van der Waals surface area contributed by atoms with Gasteiger partial charge in [-0.3, -0.25) is 10.1 Å². The smallest absolute Gasteiger partial charge is 0.258 e. The second-order valence-corrected chi connectivity index (χ2v) is 8.54. The lowest BCUT2D eigenvalue weighted by molar-refractivity contribution is 0.102. The van der Waals surface area contributed by atoms with Crippen molar-refractivity contribution in [1.29, 1.82) is 0 Å². The molecule has 154 valence electrons. The third kappa shape index (κ3) is 3.68. The molecule has 0 bridgehead atoms. The molecule has 1 N–H and O–H groups in total. The van der Waals surface area contributed by atoms with Crippen LogP contribution in [0, 0.1) is 6.92 Å². The Bertz CT molecular complexity index is 1330. The van der Waals surface area contributed by atoms with Gasteiger partial charge < -0.3 is 4.74 Å². The molecule has 0 unspecified atom stereocenters. The van der Waals surface area contributed by atoms with E-state index in [9.17, 15) is 4.79 Å². The number of methoxy groups -OCH3 is 1. The van der Waals surface area contributed by atoms with E-state index in [1.165, 1.54) is 11.3 Å². The van der Waals surface area contributed by atoms with E-state index in [1.54, 1.807) is 7.11 Å². The molecule has 0 atom stereocenters. The Balaban J connectivity index is 1.60. The van der Waals surface area contributed by atoms with Gasteiger partial charge in [0.2, 0.25) is 5.13 Å². The third-order valence-corrected chi connectivity index (χ3v) is 6.13. The van der Waals surface area contributed by atoms with Gasteiger partial charge in [-0.1, -0.05) is 41.7 Å². The number of ether oxygens (including phenoxy) is 1. The monoisotopic (exact) mass is 428 g/mol. The van der Waals surface area contributed by atoms with Crippen LogP contribution in [0.5, 0.6) is 5.75 Å². The molecule has 4 aromatic rings. The molecule has 1 aliphatic carbocycles. The maximum absolute atomic E-state index is 13.3. The lowest BCUT2D eigenvalue weighted by Crippen LogP contribution is -2.15. The fourth-order valence-electron chi connectivity index (χ4n) is 3.95. The summed E-state index contributed by atoms with van der Waals surface area (Å²) in [5.41, 5.74) is 5.57. The second kappa shape index (κ2) is 7.92. The van der Waals surface area contributed by atoms with Crippen LogP contribution in [0.1, 0.15) is 38.6 Å². The van der Waals surface area contributed by atoms with Crippen molar-refractivity contribution >= 4 is 44.9 Å². The summed E-state index contributed by atoms with van der Waals surface area (Å²) in [4.78, 5) is 18.2. The van der Waals surface area contributed by atoms with E-state index in [2.05, 4.69) is 21.6 Å². The minimum atomic E-state index is -0.170. The highest BCUT2D eigenvalue weighted by Crippen LogP contribution is 2.38. The van der Waals surface area contributed by atoms with Crippen molar-refractivity contribution in [3.05, 3.63) is 75.9 Å². The van der Waals surface area contributed by atoms with Crippen molar-refractivity contribution in [2.75, 3.05) is 12.4 Å². The summed E-state index contributed by atoms with van der Waals surface area (Å²) in [7, 11) is 1.66. The number of aromatic nitrogens is 3. The zero-order chi connectivity index (χ0) is 21.4. The first-order valence-electron chi connectivity index (χ1n) is 10.0. The molecule has 6 nitrogen and oxygen atoms in total. The number of benzene rings is 2. The van der Waals surface area contributed by atoms with Crippen molar-refractivity contribution in [2.45, 2.75) is 19.8 Å². The number of anilines is 1. The Kier molecular flexibility index (Phi) is 4.95. The maximum atomic E-state index is 13.3. The maximum Gasteiger partial charge on any atom is 0.258 e. The molecular weight excluding hydrogens is 408 g/mol. The first-order chi connectivity index (χ1) is 15.1. The van der Waals surface area contributed by atoms with Gasteiger partial charge in [0, 0.05) is 5.39 Å². The fraction of sp³-hybridized carbons (Fsp3) is 0.167. The lowest BCUT2D eigenvalue weighted by atomic mass is 10.00. The Morgan fingerprint density at radius 3 is 2.65 bits per heavy atom. The first kappa shape index (κ1) is 19.4. The van der Waals surface area contributed by atoms with Crippen LogP contribution < -0.4 is 10.1 Å². The van der Waals surface area contributed by atoms with E-state index >= 15 is 0 Å². The van der Waals surface area contributed by atoms with Crippen molar-refractivity contribution in [3.8, 4) is 5.75 Å². The molecule has 0 spiro atoms. The molecular formula is C24H20N4O2S. The Morgan fingerprint density at radius 1 is 1.10 bits per heavy atom. The number of amides is 1. The van der Waals surface area contributed by atoms with E-state index in [0.29, 0.717) is 10.7 Å². The lowest BCUT2D eigenvalue weighted by Gasteiger charge is -2.12. The average molecular weight is 429 g/mol. The molecule has 2 aromatic heterocycles. The summed E-state index contributed by atoms with van der Waals surface area (Å²) in [6.45, 7) is 1.86. The van der Waals surface area contributed by atoms with Gasteiger partial charge in [0.05, 0.1) is 23.9 Å². The van der Waals surface area contributed by atoms with Gasteiger partial charge in [0.15, 0.2) is 0 Å². The highest BCUT2D eigenvalue weighted by molar-refractivity contribution is 7.15. The van der Waals surface area contributed by atoms with Crippen molar-refractivity contribution in [1.82, 2.24) is 15.2 Å². The highest BCUT2D eigenvalue weighted by atomic mass is 32.1. The molecule has 0 radical (unpaired) electrons. The Hall–Kier alpha value is -3.58. The topological polar surface area (TPSA) is 77.0 Å². The summed E-state index contributed by atoms with van der Waals surface area (Å²) >= 11 is 1.36. The Labute approximate surface area is 183 Å². The fourth-order valence-corrected chi connectivity index (χ4v) is 4.53. The largest absolute Gasteiger partial charge is 0.497 e. The van der Waals surface area contributed by atoms with Crippen LogP contribution in [0.25, 0.3) is 22.6 Å². The number of hydrogen-bond acceptors (Lipinski definition) is 6. The summed E-state index contributed by atoms with van der Waals surface area (Å²) in [5.74, 6) is 0.653. The molecule has 2 aromatic carbocycles. The zero-order valence-electron chi connectivity index (χ0n) is 17.2. The summed E-state index contributed by atoms with van der Waals surface area (Å²) < 4.78 is 5.25. The first-order valence-corrected chi connectivity index (χ1v) is 10.8. The van der Waals surface area contributed by atoms with Gasteiger partial charge in [0.25, 0.3) is 5.91 Å². The summed E-state index contributed by atoms with van der Waals surface area (Å²) in [6, 6.07) is 15.7. The minimum absolute atomic E-state index is 0.170. The van der Waals surface area contributed by atoms with E-state index in [4.69, 9.17) is 9.72 Å². The van der Waals surface area contributed by atoms with Crippen LogP contribution in [-0.2, 0) is 6.42 Å². The minimum Gasteiger partial charge on any atom is -0.497 e. The van der Waals surface area contributed by atoms with Crippen LogP contribution in [0.2, 0.25) is 0 Å². The number of carbonyl (C=O) groups excluding carboxylic acids is 1. The number of nitrogens with one attached hydrogen (secondary N) is 1. The number of nitrogens with zero attached hydrogens (tertiary/aromatic N) is 3. The predicted octanol–water partition coefficient (Wildman–Crippen LogP) is 5.14. The number of carbonyl (C=O) groups is 1. The van der Waals surface area contributed by atoms with Crippen LogP contribution in [0.3, 0.4) is 0 Å². The van der Waals surface area contributed by atoms with E-state index < -0.39 is 0 Å². The third-order valence-electron chi connectivity index (χ3n) is 5.37. The SMILES string of the molecule is COc1ccc(/C=C2\CCc3c2nc2ccccc2c3C(=O)Nc2nnc(C)s2)cc1. The average Bonchev–Trinajstić information content (AvgIpc) is 3.38. The van der Waals surface area contributed by atoms with Crippen molar-refractivity contribution in [2.24, 2.45) is 0 Å². The molecule has 0 saturated heterocycles. The van der Waals surface area contributed by atoms with Crippen LogP contribution in [0.4, 0.5) is 5.13 Å². The van der Waals surface area contributed by atoms with E-state index in [-0.39, 0.29) is 5.91 Å². The molecule has 2 heterocycles. The van der Waals surface area contributed by atoms with Gasteiger partial charge >= 0.3 is 0 Å². The summed E-state index contributed by atoms with van der Waals surface area (Å²) in [6.07, 6.45) is 3.75. The molecule has 0 aliphatic heterocycles. The number of para-hydroxylation sites is 1. The van der Waals surface area contributed by atoms with Crippen molar-refractivity contribution < 1.29 is 9.53 Å². The van der Waals surface area contributed by atoms with Gasteiger partial charge in [0.1, 0.15) is 10.8 Å². The standard InChI is InChI=1S/C24H20N4O2S/c1-14-27-28-24(31-14)26-23(29)21-18-5-3-4-6-20(18)25-22-16(9-12-19(21)22)13-15-7-10-17(30-2)11-8-15/h3-8,10-11,13H,9,12H2,1-2H3,(H,26,28,29)/b16-13+. The van der Waals surface area contributed by atoms with Crippen LogP contribution >= 0.6 is 11.3 Å². The van der Waals surface area contributed by atoms with E-state index in [1.807, 2.05) is 55.5 Å². The van der Waals surface area contributed by atoms with Gasteiger partial charge in [-0.2, -0.15) is 0 Å². The second-order valence-electron chi connectivity index (χ2n) is 7.35. The molecule has 7 heteroatoms. The normalized spacial score (nSPS) is 14.1. The number of rotatable bonds is 4. The number of allylic oxidation sites excluding steroid dienone is 1. The number of aryl methyl sites for hydroxylation is 1. The summed E-state index contributed by atoms with van der Waals surface area (Å²) in [5, 5.41) is 13.1. The van der Waals surface area contributed by atoms with Crippen LogP contribution in [0.15, 0.2) is 48.5 Å². The van der Waals surface area contributed by atoms with Crippen molar-refractivity contribution in [3.63, 3.8) is 0 Å². The number of pyridine rings is 1. The van der Waals surface area contributed by atoms with Gasteiger partial charge in [-0.15, -0.1) is 10.2 Å². The van der Waals surface area contributed by atoms with Crippen LogP contribution in [-0.4, -0.2) is 28.2 Å². The quantitative estimate of drug-likeness (QED) is 0.487. The number of fused-ring (bicyclic) bond motifs is 2. The van der Waals surface area contributed by atoms with Gasteiger partial charge in [-0.25, -0.2) is 4.98 Å². The molecule has 1 amide bonds. The predicted molar refractivity (Wildman–Crippen MR) is 124 cm³/mol. The number of hydrogen-bond donors (Lipinski definition) is 1. The Morgan fingerprint density at radius 2 is 1.90 bits per heavy atom. The van der Waals surface area contributed by atoms with E-state index in [0.717, 1.165) is 56.9 Å². The highest BCUT2D eigenvalue weighted by Gasteiger charge is 2.27. The van der Waals surface area contributed by atoms with Gasteiger partial charge in [-0.05, 0) is 60.7 Å².